The molecule has 6 aliphatic heterocycles. The van der Waals surface area contributed by atoms with Crippen LogP contribution in [0.4, 0.5) is 29.7 Å². The van der Waals surface area contributed by atoms with Gasteiger partial charge in [0.05, 0.1) is 48.8 Å². The Morgan fingerprint density at radius 1 is 0.645 bits per heavy atom. The molecular formula is C65H66Cl2F2N12O10S2. The Kier molecular flexibility index (Phi) is 19.7. The standard InChI is InChI=1S/C33H34ClFN6O5S.C32H32ClFN6O5S/c1-33(2,31(43)44)15-19-4-7-21(8-5-19)41-17-22-16-39(11-12-40(22)32(41)45)18-25-26(30(42)46-3)27(23-9-6-20(35)14-24(23)34)38-28(37-25)29-36-10-13-47-29;1-18(30(41)42)13-19-3-6-21(7-4-19)40-16-22-15-38(10-11-39(22)32(40)44)17-25-26(31(43)45-2)27(23-8-5-20(34)14-24(23)33)37-28(36-25)29-35-9-12-46-29/h4-10,13-14,22,27H,11-12,15-18H2,1-3H3,(H,37,38)(H,43,44);3-9,12,14,18,22,27H,10-11,13,15-17H2,1-2H3,(H,36,37)(H,41,42)/t22-,27-;18?,22-,27-/m00/s1. The van der Waals surface area contributed by atoms with E-state index in [9.17, 15) is 47.8 Å². The molecule has 22 nitrogen and oxygen atoms in total. The Morgan fingerprint density at radius 3 is 1.45 bits per heavy atom. The van der Waals surface area contributed by atoms with Gasteiger partial charge in [-0.15, -0.1) is 22.7 Å². The number of methoxy groups -OCH3 is 2. The van der Waals surface area contributed by atoms with Gasteiger partial charge in [0.2, 0.25) is 0 Å². The number of carboxylic acids is 2. The number of amides is 4. The number of halogens is 4. The van der Waals surface area contributed by atoms with Crippen molar-refractivity contribution >= 4 is 105 Å². The number of nitrogens with one attached hydrogen (secondary N) is 2. The normalized spacial score (nSPS) is 20.4. The van der Waals surface area contributed by atoms with Gasteiger partial charge in [-0.2, -0.15) is 0 Å². The molecule has 4 N–H and O–H groups in total. The molecule has 4 amide bonds. The van der Waals surface area contributed by atoms with Crippen LogP contribution in [0.5, 0.6) is 0 Å². The minimum atomic E-state index is -0.899. The number of thiazole rings is 2. The van der Waals surface area contributed by atoms with Crippen LogP contribution in [0.25, 0.3) is 0 Å². The van der Waals surface area contributed by atoms with E-state index < -0.39 is 58.9 Å². The summed E-state index contributed by atoms with van der Waals surface area (Å²) in [6.45, 7) is 9.89. The minimum absolute atomic E-state index is 0.0780. The highest BCUT2D eigenvalue weighted by Gasteiger charge is 2.45. The van der Waals surface area contributed by atoms with E-state index in [1.165, 1.54) is 73.3 Å². The molecule has 28 heteroatoms. The number of benzene rings is 4. The summed E-state index contributed by atoms with van der Waals surface area (Å²) in [5.74, 6) is -3.47. The second kappa shape index (κ2) is 27.9. The Bertz CT molecular complexity index is 3990. The smallest absolute Gasteiger partial charge is 0.338 e. The first-order valence-electron chi connectivity index (χ1n) is 29.8. The van der Waals surface area contributed by atoms with E-state index in [0.29, 0.717) is 122 Å². The summed E-state index contributed by atoms with van der Waals surface area (Å²) < 4.78 is 38.4. The number of aromatic nitrogens is 2. The number of anilines is 2. The predicted molar refractivity (Wildman–Crippen MR) is 348 cm³/mol. The molecular weight excluding hydrogens is 1280 g/mol. The number of esters is 2. The molecule has 486 valence electrons. The molecule has 5 atom stereocenters. The quantitative estimate of drug-likeness (QED) is 0.0585. The molecule has 6 aliphatic rings. The van der Waals surface area contributed by atoms with E-state index in [1.54, 1.807) is 43.0 Å². The molecule has 0 radical (unpaired) electrons. The number of hydrogen-bond donors (Lipinski definition) is 4. The first kappa shape index (κ1) is 65.8. The Labute approximate surface area is 552 Å². The van der Waals surface area contributed by atoms with Gasteiger partial charge in [-0.05, 0) is 86.3 Å². The molecule has 8 heterocycles. The summed E-state index contributed by atoms with van der Waals surface area (Å²) in [4.78, 5) is 106. The number of rotatable bonds is 18. The fourth-order valence-electron chi connectivity index (χ4n) is 12.3. The van der Waals surface area contributed by atoms with Gasteiger partial charge in [0.1, 0.15) is 23.7 Å². The van der Waals surface area contributed by atoms with Crippen molar-refractivity contribution in [3.05, 3.63) is 185 Å². The zero-order chi connectivity index (χ0) is 66.0. The second-order valence-corrected chi connectivity index (χ2v) is 26.5. The van der Waals surface area contributed by atoms with Crippen molar-refractivity contribution in [2.24, 2.45) is 21.3 Å². The zero-order valence-corrected chi connectivity index (χ0v) is 54.4. The van der Waals surface area contributed by atoms with Crippen LogP contribution in [0.1, 0.15) is 65.1 Å². The van der Waals surface area contributed by atoms with Crippen molar-refractivity contribution in [1.29, 1.82) is 0 Å². The van der Waals surface area contributed by atoms with Crippen LogP contribution in [0.3, 0.4) is 0 Å². The number of fused-ring (bicyclic) bond motifs is 2. The average molecular weight is 1350 g/mol. The van der Waals surface area contributed by atoms with Crippen molar-refractivity contribution in [1.82, 2.24) is 40.2 Å². The van der Waals surface area contributed by atoms with Gasteiger partial charge >= 0.3 is 35.9 Å². The summed E-state index contributed by atoms with van der Waals surface area (Å²) in [5.41, 5.74) is 4.96. The van der Waals surface area contributed by atoms with E-state index in [4.69, 9.17) is 42.7 Å². The highest BCUT2D eigenvalue weighted by atomic mass is 35.5. The number of piperazine rings is 2. The second-order valence-electron chi connectivity index (χ2n) is 23.9. The third kappa shape index (κ3) is 14.3. The van der Waals surface area contributed by atoms with Crippen LogP contribution >= 0.6 is 45.9 Å². The lowest BCUT2D eigenvalue weighted by atomic mass is 9.86. The Balaban J connectivity index is 0.000000190. The maximum absolute atomic E-state index is 14.0. The van der Waals surface area contributed by atoms with Crippen molar-refractivity contribution in [2.45, 2.75) is 57.8 Å². The van der Waals surface area contributed by atoms with Crippen molar-refractivity contribution in [3.63, 3.8) is 0 Å². The monoisotopic (exact) mass is 1350 g/mol. The minimum Gasteiger partial charge on any atom is -0.481 e. The summed E-state index contributed by atoms with van der Waals surface area (Å²) in [6.07, 6.45) is 4.11. The molecule has 4 fully saturated rings. The van der Waals surface area contributed by atoms with Crippen LogP contribution in [0.15, 0.2) is 141 Å². The van der Waals surface area contributed by atoms with Crippen LogP contribution in [0, 0.1) is 23.0 Å². The van der Waals surface area contributed by atoms with Crippen LogP contribution < -0.4 is 20.4 Å². The summed E-state index contributed by atoms with van der Waals surface area (Å²) in [6, 6.07) is 20.8. The van der Waals surface area contributed by atoms with Gasteiger partial charge in [-0.1, -0.05) is 66.5 Å². The molecule has 6 aromatic rings. The van der Waals surface area contributed by atoms with Crippen LogP contribution in [-0.4, -0.2) is 179 Å². The molecule has 2 aromatic heterocycles. The van der Waals surface area contributed by atoms with Gasteiger partial charge in [0, 0.05) is 133 Å². The number of aliphatic carboxylic acids is 2. The number of aliphatic imine (C=N–C) groups is 2. The molecule has 0 saturated carbocycles. The fourth-order valence-corrected chi connectivity index (χ4v) is 14.0. The lowest BCUT2D eigenvalue weighted by Crippen LogP contribution is -2.53. The number of nitrogens with zero attached hydrogens (tertiary/aromatic N) is 10. The molecule has 12 rings (SSSR count). The number of hydrogen-bond acceptors (Lipinski definition) is 18. The number of carbonyl (C=O) groups excluding carboxylic acids is 4. The largest absolute Gasteiger partial charge is 0.481 e. The summed E-state index contributed by atoms with van der Waals surface area (Å²) in [7, 11) is 2.60. The molecule has 0 aliphatic carbocycles. The van der Waals surface area contributed by atoms with Crippen LogP contribution in [0.2, 0.25) is 10.0 Å². The third-order valence-corrected chi connectivity index (χ3v) is 19.4. The first-order chi connectivity index (χ1) is 44.6. The number of carboxylic acid groups (broad SMARTS) is 2. The van der Waals surface area contributed by atoms with Gasteiger partial charge in [0.15, 0.2) is 21.7 Å². The van der Waals surface area contributed by atoms with Crippen LogP contribution in [-0.2, 0) is 41.5 Å². The topological polar surface area (TPSA) is 255 Å². The lowest BCUT2D eigenvalue weighted by molar-refractivity contribution is -0.147. The van der Waals surface area contributed by atoms with Crippen molar-refractivity contribution in [2.75, 3.05) is 89.5 Å². The summed E-state index contributed by atoms with van der Waals surface area (Å²) >= 11 is 15.7. The van der Waals surface area contributed by atoms with E-state index in [1.807, 2.05) is 69.1 Å². The van der Waals surface area contributed by atoms with Crippen molar-refractivity contribution < 1.29 is 57.2 Å². The molecule has 0 bridgehead atoms. The molecule has 0 spiro atoms. The van der Waals surface area contributed by atoms with E-state index >= 15 is 0 Å². The SMILES string of the molecule is COC(=O)C1=C(CN2CCN3C(=O)N(c4ccc(CC(C)(C)C(=O)O)cc4)C[C@@H]3C2)NC(c2nccs2)=N[C@H]1c1ccc(F)cc1Cl.COC(=O)C1=C(CN2CCN3C(=O)N(c4ccc(CC(C)C(=O)O)cc4)C[C@@H]3C2)NC(c2nccs2)=N[C@H]1c1ccc(F)cc1Cl. The Hall–Kier alpha value is -8.66. The fraction of sp³-hybridized carbons (Fsp3) is 0.354. The zero-order valence-electron chi connectivity index (χ0n) is 51.2. The van der Waals surface area contributed by atoms with Gasteiger partial charge in [-0.3, -0.25) is 39.2 Å². The van der Waals surface area contributed by atoms with E-state index in [0.717, 1.165) is 22.5 Å². The number of amidine groups is 2. The molecule has 1 unspecified atom stereocenters. The lowest BCUT2D eigenvalue weighted by Gasteiger charge is -2.38. The number of urea groups is 2. The maximum Gasteiger partial charge on any atom is 0.338 e. The highest BCUT2D eigenvalue weighted by Crippen LogP contribution is 2.40. The number of ether oxygens (including phenoxy) is 2. The highest BCUT2D eigenvalue weighted by molar-refractivity contribution is 7.12. The maximum atomic E-state index is 14.0. The van der Waals surface area contributed by atoms with Gasteiger partial charge in [-0.25, -0.2) is 37.9 Å². The van der Waals surface area contributed by atoms with E-state index in [-0.39, 0.29) is 45.3 Å². The third-order valence-electron chi connectivity index (χ3n) is 17.2. The molecule has 93 heavy (non-hydrogen) atoms. The number of carbonyl (C=O) groups is 6. The summed E-state index contributed by atoms with van der Waals surface area (Å²) in [5, 5.41) is 30.5. The van der Waals surface area contributed by atoms with E-state index in [2.05, 4.69) is 30.4 Å². The Morgan fingerprint density at radius 2 is 1.08 bits per heavy atom. The molecule has 4 saturated heterocycles. The van der Waals surface area contributed by atoms with Crippen molar-refractivity contribution in [3.8, 4) is 0 Å². The van der Waals surface area contributed by atoms with Gasteiger partial charge in [0.25, 0.3) is 0 Å². The predicted octanol–water partition coefficient (Wildman–Crippen LogP) is 9.08. The first-order valence-corrected chi connectivity index (χ1v) is 32.4. The average Bonchev–Trinajstić information content (AvgIpc) is 1.70. The molecule has 4 aromatic carbocycles. The van der Waals surface area contributed by atoms with Gasteiger partial charge < -0.3 is 40.1 Å².